The summed E-state index contributed by atoms with van der Waals surface area (Å²) in [6, 6.07) is -0.498. The Balaban J connectivity index is 4.28. The van der Waals surface area contributed by atoms with Crippen molar-refractivity contribution in [2.45, 2.75) is 33.2 Å². The van der Waals surface area contributed by atoms with Crippen molar-refractivity contribution in [2.75, 3.05) is 6.54 Å². The van der Waals surface area contributed by atoms with Gasteiger partial charge in [0.2, 0.25) is 11.8 Å². The fourth-order valence-corrected chi connectivity index (χ4v) is 1.02. The van der Waals surface area contributed by atoms with E-state index in [9.17, 15) is 9.59 Å². The summed E-state index contributed by atoms with van der Waals surface area (Å²) < 4.78 is 0. The summed E-state index contributed by atoms with van der Waals surface area (Å²) in [6.45, 7) is 5.61. The smallest absolute Gasteiger partial charge is 0.239 e. The largest absolute Gasteiger partial charge is 0.368 e. The molecule has 0 bridgehead atoms. The number of hydrogen-bond acceptors (Lipinski definition) is 2. The molecule has 0 aliphatic heterocycles. The molecule has 0 aromatic carbocycles. The van der Waals surface area contributed by atoms with Gasteiger partial charge in [0.15, 0.2) is 0 Å². The lowest BCUT2D eigenvalue weighted by Gasteiger charge is -2.25. The molecule has 0 heterocycles. The third kappa shape index (κ3) is 2.90. The highest BCUT2D eigenvalue weighted by molar-refractivity contribution is 5.85. The summed E-state index contributed by atoms with van der Waals surface area (Å²) >= 11 is 0. The minimum atomic E-state index is -0.498. The molecule has 0 spiro atoms. The van der Waals surface area contributed by atoms with Crippen LogP contribution in [0.1, 0.15) is 27.2 Å². The van der Waals surface area contributed by atoms with Crippen LogP contribution in [-0.2, 0) is 9.59 Å². The van der Waals surface area contributed by atoms with Crippen molar-refractivity contribution in [1.82, 2.24) is 4.90 Å². The number of carbonyl (C=O) groups excluding carboxylic acids is 2. The van der Waals surface area contributed by atoms with E-state index < -0.39 is 11.9 Å². The van der Waals surface area contributed by atoms with Crippen molar-refractivity contribution in [3.05, 3.63) is 0 Å². The number of rotatable bonds is 4. The van der Waals surface area contributed by atoms with E-state index in [1.807, 2.05) is 6.92 Å². The van der Waals surface area contributed by atoms with Gasteiger partial charge in [-0.2, -0.15) is 0 Å². The van der Waals surface area contributed by atoms with Gasteiger partial charge in [0.25, 0.3) is 0 Å². The SMILES string of the molecule is CCCN(C(C)=O)[C@@H](C)C(N)=O. The van der Waals surface area contributed by atoms with Crippen LogP contribution in [0.25, 0.3) is 0 Å². The van der Waals surface area contributed by atoms with Crippen LogP contribution in [0.15, 0.2) is 0 Å². The lowest BCUT2D eigenvalue weighted by atomic mass is 10.2. The quantitative estimate of drug-likeness (QED) is 0.654. The molecule has 0 rings (SSSR count). The van der Waals surface area contributed by atoms with Crippen LogP contribution in [0.4, 0.5) is 0 Å². The van der Waals surface area contributed by atoms with E-state index in [-0.39, 0.29) is 5.91 Å². The Kier molecular flexibility index (Phi) is 4.33. The van der Waals surface area contributed by atoms with Gasteiger partial charge in [0, 0.05) is 13.5 Å². The van der Waals surface area contributed by atoms with E-state index in [1.54, 1.807) is 6.92 Å². The van der Waals surface area contributed by atoms with Crippen molar-refractivity contribution in [3.8, 4) is 0 Å². The summed E-state index contributed by atoms with van der Waals surface area (Å²) in [6.07, 6.45) is 0.831. The summed E-state index contributed by atoms with van der Waals surface area (Å²) in [5.41, 5.74) is 5.07. The summed E-state index contributed by atoms with van der Waals surface area (Å²) in [4.78, 5) is 23.2. The zero-order valence-corrected chi connectivity index (χ0v) is 7.83. The average Bonchev–Trinajstić information content (AvgIpc) is 1.98. The van der Waals surface area contributed by atoms with Crippen LogP contribution in [0.3, 0.4) is 0 Å². The number of nitrogens with zero attached hydrogens (tertiary/aromatic N) is 1. The van der Waals surface area contributed by atoms with Gasteiger partial charge >= 0.3 is 0 Å². The van der Waals surface area contributed by atoms with Gasteiger partial charge in [0.1, 0.15) is 6.04 Å². The van der Waals surface area contributed by atoms with Crippen LogP contribution in [-0.4, -0.2) is 29.3 Å². The van der Waals surface area contributed by atoms with Crippen LogP contribution in [0.5, 0.6) is 0 Å². The molecule has 0 aliphatic carbocycles. The number of nitrogens with two attached hydrogens (primary N) is 1. The first-order valence-electron chi connectivity index (χ1n) is 4.07. The third-order valence-corrected chi connectivity index (χ3v) is 1.75. The molecule has 0 unspecified atom stereocenters. The van der Waals surface area contributed by atoms with E-state index in [4.69, 9.17) is 5.73 Å². The Morgan fingerprint density at radius 1 is 1.50 bits per heavy atom. The Hall–Kier alpha value is -1.06. The second-order valence-corrected chi connectivity index (χ2v) is 2.79. The fraction of sp³-hybridized carbons (Fsp3) is 0.750. The molecular formula is C8H16N2O2. The van der Waals surface area contributed by atoms with Crippen molar-refractivity contribution in [1.29, 1.82) is 0 Å². The number of carbonyl (C=O) groups is 2. The second kappa shape index (κ2) is 4.74. The Morgan fingerprint density at radius 2 is 2.00 bits per heavy atom. The van der Waals surface area contributed by atoms with E-state index in [0.29, 0.717) is 6.54 Å². The normalized spacial score (nSPS) is 12.2. The zero-order chi connectivity index (χ0) is 9.72. The molecule has 1 atom stereocenters. The Labute approximate surface area is 72.7 Å². The predicted molar refractivity (Wildman–Crippen MR) is 46.3 cm³/mol. The Bertz CT molecular complexity index is 180. The first kappa shape index (κ1) is 10.9. The van der Waals surface area contributed by atoms with Crippen LogP contribution < -0.4 is 5.73 Å². The highest BCUT2D eigenvalue weighted by atomic mass is 16.2. The molecule has 0 radical (unpaired) electrons. The fourth-order valence-electron chi connectivity index (χ4n) is 1.02. The molecule has 0 saturated carbocycles. The van der Waals surface area contributed by atoms with Gasteiger partial charge in [-0.1, -0.05) is 6.92 Å². The molecule has 0 aromatic heterocycles. The summed E-state index contributed by atoms with van der Waals surface area (Å²) in [5, 5.41) is 0. The monoisotopic (exact) mass is 172 g/mol. The van der Waals surface area contributed by atoms with E-state index >= 15 is 0 Å². The molecule has 0 aromatic rings. The van der Waals surface area contributed by atoms with Crippen LogP contribution in [0, 0.1) is 0 Å². The molecule has 2 amide bonds. The lowest BCUT2D eigenvalue weighted by Crippen LogP contribution is -2.45. The molecule has 0 fully saturated rings. The molecule has 4 nitrogen and oxygen atoms in total. The van der Waals surface area contributed by atoms with Gasteiger partial charge in [0.05, 0.1) is 0 Å². The minimum absolute atomic E-state index is 0.108. The topological polar surface area (TPSA) is 63.4 Å². The Morgan fingerprint density at radius 3 is 2.25 bits per heavy atom. The first-order chi connectivity index (χ1) is 5.50. The molecule has 70 valence electrons. The van der Waals surface area contributed by atoms with Crippen LogP contribution in [0.2, 0.25) is 0 Å². The van der Waals surface area contributed by atoms with Gasteiger partial charge < -0.3 is 10.6 Å². The molecular weight excluding hydrogens is 156 g/mol. The lowest BCUT2D eigenvalue weighted by molar-refractivity contribution is -0.137. The number of hydrogen-bond donors (Lipinski definition) is 1. The van der Waals surface area contributed by atoms with E-state index in [1.165, 1.54) is 11.8 Å². The second-order valence-electron chi connectivity index (χ2n) is 2.79. The summed E-state index contributed by atoms with van der Waals surface area (Å²) in [5.74, 6) is -0.568. The molecule has 4 heteroatoms. The van der Waals surface area contributed by atoms with Gasteiger partial charge in [-0.25, -0.2) is 0 Å². The van der Waals surface area contributed by atoms with Crippen molar-refractivity contribution < 1.29 is 9.59 Å². The van der Waals surface area contributed by atoms with Crippen molar-refractivity contribution in [3.63, 3.8) is 0 Å². The number of primary amides is 1. The van der Waals surface area contributed by atoms with Crippen LogP contribution >= 0.6 is 0 Å². The van der Waals surface area contributed by atoms with E-state index in [0.717, 1.165) is 6.42 Å². The van der Waals surface area contributed by atoms with E-state index in [2.05, 4.69) is 0 Å². The maximum absolute atomic E-state index is 11.0. The van der Waals surface area contributed by atoms with Gasteiger partial charge in [-0.15, -0.1) is 0 Å². The molecule has 2 N–H and O–H groups in total. The molecule has 0 saturated heterocycles. The maximum Gasteiger partial charge on any atom is 0.239 e. The van der Waals surface area contributed by atoms with Crippen molar-refractivity contribution in [2.24, 2.45) is 5.73 Å². The standard InChI is InChI=1S/C8H16N2O2/c1-4-5-10(7(3)11)6(2)8(9)12/h6H,4-5H2,1-3H3,(H2,9,12)/t6-/m0/s1. The minimum Gasteiger partial charge on any atom is -0.368 e. The number of amides is 2. The average molecular weight is 172 g/mol. The highest BCUT2D eigenvalue weighted by Crippen LogP contribution is 2.00. The molecule has 0 aliphatic rings. The summed E-state index contributed by atoms with van der Waals surface area (Å²) in [7, 11) is 0. The predicted octanol–water partition coefficient (Wildman–Crippen LogP) is 0.119. The zero-order valence-electron chi connectivity index (χ0n) is 7.83. The van der Waals surface area contributed by atoms with Gasteiger partial charge in [-0.3, -0.25) is 9.59 Å². The van der Waals surface area contributed by atoms with Crippen molar-refractivity contribution >= 4 is 11.8 Å². The third-order valence-electron chi connectivity index (χ3n) is 1.75. The first-order valence-corrected chi connectivity index (χ1v) is 4.07. The maximum atomic E-state index is 11.0. The highest BCUT2D eigenvalue weighted by Gasteiger charge is 2.19. The molecule has 12 heavy (non-hydrogen) atoms. The van der Waals surface area contributed by atoms with Gasteiger partial charge in [-0.05, 0) is 13.3 Å².